The van der Waals surface area contributed by atoms with E-state index in [1.54, 1.807) is 11.3 Å². The summed E-state index contributed by atoms with van der Waals surface area (Å²) in [5.41, 5.74) is 0. The fourth-order valence-corrected chi connectivity index (χ4v) is 1.75. The van der Waals surface area contributed by atoms with Crippen molar-refractivity contribution in [1.29, 1.82) is 0 Å². The third kappa shape index (κ3) is 3.04. The van der Waals surface area contributed by atoms with Crippen molar-refractivity contribution in [3.05, 3.63) is 22.4 Å². The van der Waals surface area contributed by atoms with Gasteiger partial charge in [-0.05, 0) is 11.4 Å². The molecule has 0 saturated heterocycles. The van der Waals surface area contributed by atoms with Gasteiger partial charge in [-0.25, -0.2) is 0 Å². The van der Waals surface area contributed by atoms with E-state index in [0.29, 0.717) is 18.7 Å². The van der Waals surface area contributed by atoms with Gasteiger partial charge in [-0.2, -0.15) is 0 Å². The van der Waals surface area contributed by atoms with Crippen LogP contribution in [0.5, 0.6) is 0 Å². The molecule has 0 fully saturated rings. The van der Waals surface area contributed by atoms with Crippen LogP contribution in [0.15, 0.2) is 17.5 Å². The predicted molar refractivity (Wildman–Crippen MR) is 48.4 cm³/mol. The number of carbonyl (C=O) groups excluding carboxylic acids is 1. The van der Waals surface area contributed by atoms with E-state index in [2.05, 4.69) is 0 Å². The van der Waals surface area contributed by atoms with Crippen molar-refractivity contribution in [3.63, 3.8) is 0 Å². The second-order valence-electron chi connectivity index (χ2n) is 2.23. The van der Waals surface area contributed by atoms with Gasteiger partial charge in [0.15, 0.2) is 0 Å². The SMILES string of the molecule is O=C(CCCl)Cc1cccs1. The molecule has 0 spiro atoms. The lowest BCUT2D eigenvalue weighted by atomic mass is 10.2. The Morgan fingerprint density at radius 3 is 3.00 bits per heavy atom. The van der Waals surface area contributed by atoms with Crippen molar-refractivity contribution < 1.29 is 4.79 Å². The lowest BCUT2D eigenvalue weighted by molar-refractivity contribution is -0.118. The Labute approximate surface area is 75.0 Å². The van der Waals surface area contributed by atoms with Crippen LogP contribution in [0.2, 0.25) is 0 Å². The third-order valence-corrected chi connectivity index (χ3v) is 2.39. The first-order valence-corrected chi connectivity index (χ1v) is 4.84. The summed E-state index contributed by atoms with van der Waals surface area (Å²) in [7, 11) is 0. The summed E-state index contributed by atoms with van der Waals surface area (Å²) in [5, 5.41) is 1.98. The van der Waals surface area contributed by atoms with Crippen LogP contribution in [0.1, 0.15) is 11.3 Å². The molecular formula is C8H9ClOS. The van der Waals surface area contributed by atoms with Crippen molar-refractivity contribution in [2.45, 2.75) is 12.8 Å². The molecule has 0 bridgehead atoms. The number of hydrogen-bond donors (Lipinski definition) is 0. The standard InChI is InChI=1S/C8H9ClOS/c9-4-3-7(10)6-8-2-1-5-11-8/h1-2,5H,3-4,6H2. The highest BCUT2D eigenvalue weighted by atomic mass is 35.5. The lowest BCUT2D eigenvalue weighted by Crippen LogP contribution is -2.01. The predicted octanol–water partition coefficient (Wildman–Crippen LogP) is 2.49. The number of hydrogen-bond acceptors (Lipinski definition) is 2. The maximum atomic E-state index is 11.0. The second kappa shape index (κ2) is 4.52. The minimum atomic E-state index is 0.224. The van der Waals surface area contributed by atoms with Gasteiger partial charge in [0.05, 0.1) is 0 Å². The first kappa shape index (κ1) is 8.75. The maximum Gasteiger partial charge on any atom is 0.139 e. The zero-order chi connectivity index (χ0) is 8.10. The van der Waals surface area contributed by atoms with Gasteiger partial charge in [-0.1, -0.05) is 6.07 Å². The van der Waals surface area contributed by atoms with Gasteiger partial charge < -0.3 is 0 Å². The number of ketones is 1. The molecule has 0 unspecified atom stereocenters. The minimum absolute atomic E-state index is 0.224. The Kier molecular flexibility index (Phi) is 3.60. The lowest BCUT2D eigenvalue weighted by Gasteiger charge is -1.93. The van der Waals surface area contributed by atoms with E-state index in [-0.39, 0.29) is 5.78 Å². The zero-order valence-corrected chi connectivity index (χ0v) is 7.62. The molecule has 1 rings (SSSR count). The average Bonchev–Trinajstić information content (AvgIpc) is 2.40. The smallest absolute Gasteiger partial charge is 0.139 e. The number of halogens is 1. The van der Waals surface area contributed by atoms with E-state index >= 15 is 0 Å². The molecule has 1 heterocycles. The summed E-state index contributed by atoms with van der Waals surface area (Å²) in [4.78, 5) is 12.2. The number of rotatable bonds is 4. The van der Waals surface area contributed by atoms with E-state index in [1.165, 1.54) is 0 Å². The highest BCUT2D eigenvalue weighted by Gasteiger charge is 2.02. The van der Waals surface area contributed by atoms with Crippen LogP contribution in [-0.4, -0.2) is 11.7 Å². The number of Topliss-reactive ketones (excluding diaryl/α,β-unsaturated/α-hetero) is 1. The fourth-order valence-electron chi connectivity index (χ4n) is 0.801. The van der Waals surface area contributed by atoms with Gasteiger partial charge in [0, 0.05) is 23.6 Å². The highest BCUT2D eigenvalue weighted by Crippen LogP contribution is 2.10. The average molecular weight is 189 g/mol. The molecule has 0 N–H and O–H groups in total. The Morgan fingerprint density at radius 1 is 1.64 bits per heavy atom. The van der Waals surface area contributed by atoms with E-state index < -0.39 is 0 Å². The molecule has 1 aromatic heterocycles. The monoisotopic (exact) mass is 188 g/mol. The number of alkyl halides is 1. The van der Waals surface area contributed by atoms with Gasteiger partial charge in [0.25, 0.3) is 0 Å². The summed E-state index contributed by atoms with van der Waals surface area (Å²) in [6.07, 6.45) is 1.03. The van der Waals surface area contributed by atoms with Crippen molar-refractivity contribution in [2.24, 2.45) is 0 Å². The quantitative estimate of drug-likeness (QED) is 0.664. The Morgan fingerprint density at radius 2 is 2.45 bits per heavy atom. The Balaban J connectivity index is 2.37. The summed E-state index contributed by atoms with van der Waals surface area (Å²) >= 11 is 7.03. The number of thiophene rings is 1. The van der Waals surface area contributed by atoms with Crippen LogP contribution in [0.4, 0.5) is 0 Å². The van der Waals surface area contributed by atoms with E-state index in [9.17, 15) is 4.79 Å². The molecule has 3 heteroatoms. The first-order chi connectivity index (χ1) is 5.33. The van der Waals surface area contributed by atoms with Crippen LogP contribution in [-0.2, 0) is 11.2 Å². The molecule has 1 aromatic rings. The van der Waals surface area contributed by atoms with E-state index in [1.807, 2.05) is 17.5 Å². The summed E-state index contributed by atoms with van der Waals surface area (Å²) in [6.45, 7) is 0. The minimum Gasteiger partial charge on any atom is -0.299 e. The topological polar surface area (TPSA) is 17.1 Å². The summed E-state index contributed by atoms with van der Waals surface area (Å²) in [5.74, 6) is 0.659. The van der Waals surface area contributed by atoms with Gasteiger partial charge in [-0.3, -0.25) is 4.79 Å². The van der Waals surface area contributed by atoms with Crippen molar-refractivity contribution in [2.75, 3.05) is 5.88 Å². The second-order valence-corrected chi connectivity index (χ2v) is 3.64. The zero-order valence-electron chi connectivity index (χ0n) is 6.05. The van der Waals surface area contributed by atoms with Crippen LogP contribution < -0.4 is 0 Å². The van der Waals surface area contributed by atoms with E-state index in [4.69, 9.17) is 11.6 Å². The number of carbonyl (C=O) groups is 1. The Bertz CT molecular complexity index is 218. The van der Waals surface area contributed by atoms with Gasteiger partial charge in [0.1, 0.15) is 5.78 Å². The molecule has 0 saturated carbocycles. The van der Waals surface area contributed by atoms with Crippen molar-refractivity contribution in [3.8, 4) is 0 Å². The molecule has 0 aromatic carbocycles. The molecule has 11 heavy (non-hydrogen) atoms. The molecule has 60 valence electrons. The molecule has 0 radical (unpaired) electrons. The molecule has 0 aliphatic rings. The van der Waals surface area contributed by atoms with Crippen LogP contribution in [0.3, 0.4) is 0 Å². The summed E-state index contributed by atoms with van der Waals surface area (Å²) in [6, 6.07) is 3.92. The van der Waals surface area contributed by atoms with Gasteiger partial charge >= 0.3 is 0 Å². The molecule has 0 atom stereocenters. The molecule has 0 aliphatic carbocycles. The largest absolute Gasteiger partial charge is 0.299 e. The Hall–Kier alpha value is -0.340. The fraction of sp³-hybridized carbons (Fsp3) is 0.375. The van der Waals surface area contributed by atoms with Crippen LogP contribution in [0, 0.1) is 0 Å². The highest BCUT2D eigenvalue weighted by molar-refractivity contribution is 7.10. The van der Waals surface area contributed by atoms with E-state index in [0.717, 1.165) is 4.88 Å². The maximum absolute atomic E-state index is 11.0. The molecular weight excluding hydrogens is 180 g/mol. The normalized spacial score (nSPS) is 9.91. The van der Waals surface area contributed by atoms with Crippen LogP contribution in [0.25, 0.3) is 0 Å². The molecule has 0 amide bonds. The third-order valence-electron chi connectivity index (χ3n) is 1.32. The summed E-state index contributed by atoms with van der Waals surface area (Å²) < 4.78 is 0. The molecule has 1 nitrogen and oxygen atoms in total. The first-order valence-electron chi connectivity index (χ1n) is 3.43. The van der Waals surface area contributed by atoms with Crippen molar-refractivity contribution in [1.82, 2.24) is 0 Å². The molecule has 0 aliphatic heterocycles. The van der Waals surface area contributed by atoms with Crippen molar-refractivity contribution >= 4 is 28.7 Å². The van der Waals surface area contributed by atoms with Gasteiger partial charge in [0.2, 0.25) is 0 Å². The van der Waals surface area contributed by atoms with Crippen LogP contribution >= 0.6 is 22.9 Å². The van der Waals surface area contributed by atoms with Gasteiger partial charge in [-0.15, -0.1) is 22.9 Å².